The lowest BCUT2D eigenvalue weighted by Crippen LogP contribution is -2.30. The van der Waals surface area contributed by atoms with Crippen LogP contribution in [0.5, 0.6) is 11.5 Å². The van der Waals surface area contributed by atoms with Crippen molar-refractivity contribution in [2.24, 2.45) is 0 Å². The van der Waals surface area contributed by atoms with E-state index in [0.717, 1.165) is 6.08 Å². The number of aromatic hydroxyl groups is 2. The summed E-state index contributed by atoms with van der Waals surface area (Å²) in [5, 5.41) is 42.6. The molecule has 4 N–H and O–H groups in total. The zero-order valence-electron chi connectivity index (χ0n) is 14.5. The zero-order valence-corrected chi connectivity index (χ0v) is 14.5. The molecule has 2 atom stereocenters. The predicted molar refractivity (Wildman–Crippen MR) is 93.1 cm³/mol. The third kappa shape index (κ3) is 1.67. The summed E-state index contributed by atoms with van der Waals surface area (Å²) in [4.78, 5) is 24.2. The van der Waals surface area contributed by atoms with Gasteiger partial charge in [-0.2, -0.15) is 0 Å². The normalized spacial score (nSPS) is 29.7. The lowest BCUT2D eigenvalue weighted by molar-refractivity contribution is -0.196. The Balaban J connectivity index is 1.90. The average molecular weight is 382 g/mol. The maximum atomic E-state index is 12.4. The Kier molecular flexibility index (Phi) is 2.95. The van der Waals surface area contributed by atoms with Gasteiger partial charge in [0.15, 0.2) is 11.4 Å². The summed E-state index contributed by atoms with van der Waals surface area (Å²) in [5.41, 5.74) is -1.98. The molecule has 0 radical (unpaired) electrons. The first-order chi connectivity index (χ1) is 13.2. The standard InChI is InChI=1S/C20H14O8/c1-8-7-19(26)13-14(20(8,28-19)11-4-2-3-5-27-11)15(22)9-6-10(21)16(23)18(25)12(9)17(13)24/h3-7,21-22,24,26H,2H2,1H3. The topological polar surface area (TPSA) is 134 Å². The maximum absolute atomic E-state index is 12.4. The van der Waals surface area contributed by atoms with E-state index in [0.29, 0.717) is 12.0 Å². The molecule has 0 saturated carbocycles. The van der Waals surface area contributed by atoms with Crippen molar-refractivity contribution in [3.63, 3.8) is 0 Å². The maximum Gasteiger partial charge on any atom is 0.267 e. The molecule has 1 aliphatic carbocycles. The summed E-state index contributed by atoms with van der Waals surface area (Å²) in [7, 11) is 0. The van der Waals surface area contributed by atoms with Crippen LogP contribution < -0.4 is 0 Å². The molecular weight excluding hydrogens is 368 g/mol. The molecular formula is C20H14O8. The van der Waals surface area contributed by atoms with Crippen LogP contribution in [0.3, 0.4) is 0 Å². The average Bonchev–Trinajstić information content (AvgIpc) is 3.10. The number of benzene rings is 1. The number of allylic oxidation sites excluding steroid dienone is 3. The summed E-state index contributed by atoms with van der Waals surface area (Å²) in [6.45, 7) is 1.67. The number of hydrogen-bond acceptors (Lipinski definition) is 8. The van der Waals surface area contributed by atoms with E-state index in [4.69, 9.17) is 9.47 Å². The number of aliphatic hydroxyl groups is 2. The van der Waals surface area contributed by atoms with Crippen LogP contribution in [0.4, 0.5) is 0 Å². The number of phenols is 2. The van der Waals surface area contributed by atoms with Gasteiger partial charge in [0.2, 0.25) is 11.6 Å². The van der Waals surface area contributed by atoms with Gasteiger partial charge in [-0.15, -0.1) is 0 Å². The fourth-order valence-corrected chi connectivity index (χ4v) is 4.34. The fraction of sp³-hybridized carbons (Fsp3) is 0.200. The number of ketones is 2. The molecule has 8 heteroatoms. The van der Waals surface area contributed by atoms with Gasteiger partial charge in [0.05, 0.1) is 23.0 Å². The molecule has 0 fully saturated rings. The van der Waals surface area contributed by atoms with Crippen LogP contribution in [0.25, 0.3) is 6.08 Å². The Labute approximate surface area is 157 Å². The van der Waals surface area contributed by atoms with Crippen molar-refractivity contribution in [2.75, 3.05) is 0 Å². The Morgan fingerprint density at radius 3 is 2.50 bits per heavy atom. The Hall–Kier alpha value is -3.36. The predicted octanol–water partition coefficient (Wildman–Crippen LogP) is 1.91. The summed E-state index contributed by atoms with van der Waals surface area (Å²) in [6, 6.07) is 0. The van der Waals surface area contributed by atoms with Crippen LogP contribution in [0.1, 0.15) is 40.4 Å². The minimum Gasteiger partial charge on any atom is -0.507 e. The number of hydrogen-bond donors (Lipinski definition) is 4. The Morgan fingerprint density at radius 2 is 1.82 bits per heavy atom. The van der Waals surface area contributed by atoms with E-state index in [2.05, 4.69) is 0 Å². The minimum atomic E-state index is -2.13. The largest absolute Gasteiger partial charge is 0.507 e. The number of ether oxygens (including phenoxy) is 2. The van der Waals surface area contributed by atoms with Crippen molar-refractivity contribution in [3.05, 3.63) is 63.8 Å². The zero-order chi connectivity index (χ0) is 20.0. The molecule has 3 aliphatic heterocycles. The van der Waals surface area contributed by atoms with E-state index in [1.807, 2.05) is 0 Å². The van der Waals surface area contributed by atoms with Crippen molar-refractivity contribution in [1.29, 1.82) is 0 Å². The summed E-state index contributed by atoms with van der Waals surface area (Å²) in [6.07, 6.45) is 7.69. The van der Waals surface area contributed by atoms with Gasteiger partial charge in [0.25, 0.3) is 5.78 Å². The molecule has 3 heterocycles. The minimum absolute atomic E-state index is 0.000927. The summed E-state index contributed by atoms with van der Waals surface area (Å²) >= 11 is 0. The van der Waals surface area contributed by atoms with Crippen LogP contribution in [-0.2, 0) is 25.7 Å². The highest BCUT2D eigenvalue weighted by molar-refractivity contribution is 6.51. The van der Waals surface area contributed by atoms with Gasteiger partial charge in [0.1, 0.15) is 17.3 Å². The van der Waals surface area contributed by atoms with Gasteiger partial charge in [-0.25, -0.2) is 0 Å². The first-order valence-electron chi connectivity index (χ1n) is 8.49. The van der Waals surface area contributed by atoms with Crippen molar-refractivity contribution in [1.82, 2.24) is 0 Å². The monoisotopic (exact) mass is 382 g/mol. The highest BCUT2D eigenvalue weighted by Gasteiger charge is 2.65. The van der Waals surface area contributed by atoms with Gasteiger partial charge in [-0.3, -0.25) is 9.59 Å². The number of phenolic OH excluding ortho intramolecular Hbond substituents is 2. The molecule has 5 rings (SSSR count). The van der Waals surface area contributed by atoms with Crippen molar-refractivity contribution >= 4 is 17.6 Å². The number of rotatable bonds is 1. The fourth-order valence-electron chi connectivity index (χ4n) is 4.34. The molecule has 0 amide bonds. The number of aliphatic hydroxyl groups excluding tert-OH is 1. The third-order valence-electron chi connectivity index (χ3n) is 5.50. The quantitative estimate of drug-likeness (QED) is 0.329. The molecule has 0 aromatic heterocycles. The highest BCUT2D eigenvalue weighted by atomic mass is 16.7. The number of carbonyl (C=O) groups is 2. The van der Waals surface area contributed by atoms with Gasteiger partial charge in [-0.05, 0) is 43.2 Å². The van der Waals surface area contributed by atoms with Gasteiger partial charge >= 0.3 is 0 Å². The van der Waals surface area contributed by atoms with Crippen molar-refractivity contribution < 1.29 is 39.5 Å². The highest BCUT2D eigenvalue weighted by Crippen LogP contribution is 2.65. The second kappa shape index (κ2) is 4.92. The molecule has 1 aromatic rings. The second-order valence-corrected chi connectivity index (χ2v) is 7.02. The van der Waals surface area contributed by atoms with Crippen LogP contribution in [-0.4, -0.2) is 32.0 Å². The van der Waals surface area contributed by atoms with E-state index in [1.54, 1.807) is 19.1 Å². The molecule has 2 unspecified atom stereocenters. The Morgan fingerprint density at radius 1 is 1.07 bits per heavy atom. The number of fused-ring (bicyclic) bond motifs is 6. The molecule has 0 spiro atoms. The van der Waals surface area contributed by atoms with Crippen molar-refractivity contribution in [2.45, 2.75) is 24.7 Å². The van der Waals surface area contributed by atoms with Gasteiger partial charge < -0.3 is 29.9 Å². The summed E-state index contributed by atoms with van der Waals surface area (Å²) in [5.74, 6) is -6.31. The molecule has 2 bridgehead atoms. The van der Waals surface area contributed by atoms with E-state index >= 15 is 0 Å². The van der Waals surface area contributed by atoms with Crippen LogP contribution >= 0.6 is 0 Å². The molecule has 142 valence electrons. The van der Waals surface area contributed by atoms with E-state index < -0.39 is 45.8 Å². The summed E-state index contributed by atoms with van der Waals surface area (Å²) < 4.78 is 11.5. The lowest BCUT2D eigenvalue weighted by Gasteiger charge is -2.32. The van der Waals surface area contributed by atoms with Gasteiger partial charge in [-0.1, -0.05) is 0 Å². The first-order valence-corrected chi connectivity index (χ1v) is 8.49. The number of carbonyl (C=O) groups excluding carboxylic acids is 2. The molecule has 8 nitrogen and oxygen atoms in total. The smallest absolute Gasteiger partial charge is 0.267 e. The molecule has 0 saturated heterocycles. The first kappa shape index (κ1) is 16.8. The van der Waals surface area contributed by atoms with Crippen LogP contribution in [0, 0.1) is 0 Å². The number of Topliss-reactive ketones (excluding diaryl/α,β-unsaturated/α-hetero) is 2. The van der Waals surface area contributed by atoms with Crippen LogP contribution in [0.2, 0.25) is 0 Å². The van der Waals surface area contributed by atoms with Crippen LogP contribution in [0.15, 0.2) is 41.6 Å². The van der Waals surface area contributed by atoms with Gasteiger partial charge in [0, 0.05) is 5.56 Å². The Bertz CT molecular complexity index is 1140. The van der Waals surface area contributed by atoms with E-state index in [9.17, 15) is 30.0 Å². The van der Waals surface area contributed by atoms with Crippen molar-refractivity contribution in [3.8, 4) is 11.5 Å². The molecule has 1 aromatic carbocycles. The third-order valence-corrected chi connectivity index (χ3v) is 5.50. The van der Waals surface area contributed by atoms with E-state index in [-0.39, 0.29) is 22.4 Å². The van der Waals surface area contributed by atoms with E-state index in [1.165, 1.54) is 12.3 Å². The lowest BCUT2D eigenvalue weighted by atomic mass is 9.75. The molecule has 4 aliphatic rings. The SMILES string of the molecule is CC1=CC2(O)OC1(C1=CCC=CO1)c1c(O)c3c(c(O)c12)C(=O)C(=O)C(O)=C3. The molecule has 28 heavy (non-hydrogen) atoms. The second-order valence-electron chi connectivity index (χ2n) is 7.02.